The van der Waals surface area contributed by atoms with Gasteiger partial charge in [0.2, 0.25) is 6.79 Å². The SMILES string of the molecule is COc1cccc2c1OCCCN(C(=O)c1ccc3c(c1)OCO3)C2. The number of methoxy groups -OCH3 is 1. The van der Waals surface area contributed by atoms with Crippen LogP contribution in [-0.2, 0) is 6.54 Å². The summed E-state index contributed by atoms with van der Waals surface area (Å²) < 4.78 is 21.9. The van der Waals surface area contributed by atoms with Gasteiger partial charge in [-0.15, -0.1) is 0 Å². The van der Waals surface area contributed by atoms with Crippen molar-refractivity contribution in [3.8, 4) is 23.0 Å². The lowest BCUT2D eigenvalue weighted by atomic mass is 10.1. The predicted octanol–water partition coefficient (Wildman–Crippen LogP) is 2.85. The fourth-order valence-electron chi connectivity index (χ4n) is 3.11. The lowest BCUT2D eigenvalue weighted by Crippen LogP contribution is -2.33. The third-order valence-electron chi connectivity index (χ3n) is 4.37. The van der Waals surface area contributed by atoms with Crippen LogP contribution in [0.25, 0.3) is 0 Å². The summed E-state index contributed by atoms with van der Waals surface area (Å²) in [6, 6.07) is 11.0. The van der Waals surface area contributed by atoms with Crippen LogP contribution in [0.5, 0.6) is 23.0 Å². The van der Waals surface area contributed by atoms with E-state index in [4.69, 9.17) is 18.9 Å². The zero-order chi connectivity index (χ0) is 17.2. The molecule has 130 valence electrons. The number of benzene rings is 2. The summed E-state index contributed by atoms with van der Waals surface area (Å²) in [4.78, 5) is 14.8. The molecule has 2 aromatic carbocycles. The van der Waals surface area contributed by atoms with E-state index < -0.39 is 0 Å². The minimum Gasteiger partial charge on any atom is -0.493 e. The predicted molar refractivity (Wildman–Crippen MR) is 90.4 cm³/mol. The molecule has 6 heteroatoms. The number of ether oxygens (including phenoxy) is 4. The monoisotopic (exact) mass is 341 g/mol. The minimum atomic E-state index is -0.0334. The van der Waals surface area contributed by atoms with Gasteiger partial charge in [0.05, 0.1) is 13.7 Å². The van der Waals surface area contributed by atoms with Gasteiger partial charge in [0, 0.05) is 24.2 Å². The Morgan fingerprint density at radius 1 is 1.12 bits per heavy atom. The molecule has 1 amide bonds. The van der Waals surface area contributed by atoms with Crippen molar-refractivity contribution in [1.29, 1.82) is 0 Å². The maximum atomic E-state index is 13.0. The Balaban J connectivity index is 1.62. The van der Waals surface area contributed by atoms with Gasteiger partial charge in [-0.2, -0.15) is 0 Å². The molecule has 2 aromatic rings. The molecule has 25 heavy (non-hydrogen) atoms. The highest BCUT2D eigenvalue weighted by Crippen LogP contribution is 2.35. The highest BCUT2D eigenvalue weighted by Gasteiger charge is 2.23. The van der Waals surface area contributed by atoms with Crippen molar-refractivity contribution in [3.63, 3.8) is 0 Å². The van der Waals surface area contributed by atoms with Gasteiger partial charge in [0.1, 0.15) is 0 Å². The van der Waals surface area contributed by atoms with E-state index in [0.29, 0.717) is 48.3 Å². The Morgan fingerprint density at radius 3 is 2.88 bits per heavy atom. The Morgan fingerprint density at radius 2 is 2.00 bits per heavy atom. The molecule has 0 N–H and O–H groups in total. The van der Waals surface area contributed by atoms with Crippen LogP contribution in [-0.4, -0.2) is 37.9 Å². The lowest BCUT2D eigenvalue weighted by Gasteiger charge is -2.27. The number of para-hydroxylation sites is 1. The summed E-state index contributed by atoms with van der Waals surface area (Å²) in [5.74, 6) is 2.66. The fraction of sp³-hybridized carbons (Fsp3) is 0.316. The Hall–Kier alpha value is -2.89. The van der Waals surface area contributed by atoms with Crippen molar-refractivity contribution < 1.29 is 23.7 Å². The molecular formula is C19H19NO5. The third-order valence-corrected chi connectivity index (χ3v) is 4.37. The number of carbonyl (C=O) groups excluding carboxylic acids is 1. The van der Waals surface area contributed by atoms with Crippen LogP contribution >= 0.6 is 0 Å². The van der Waals surface area contributed by atoms with E-state index in [1.54, 1.807) is 25.3 Å². The molecule has 0 saturated heterocycles. The molecule has 6 nitrogen and oxygen atoms in total. The van der Waals surface area contributed by atoms with Crippen molar-refractivity contribution >= 4 is 5.91 Å². The van der Waals surface area contributed by atoms with E-state index in [0.717, 1.165) is 12.0 Å². The number of carbonyl (C=O) groups is 1. The molecule has 0 unspecified atom stereocenters. The van der Waals surface area contributed by atoms with Crippen LogP contribution in [0, 0.1) is 0 Å². The summed E-state index contributed by atoms with van der Waals surface area (Å²) in [5, 5.41) is 0. The molecule has 0 saturated carbocycles. The van der Waals surface area contributed by atoms with Crippen LogP contribution in [0.2, 0.25) is 0 Å². The van der Waals surface area contributed by atoms with Crippen molar-refractivity contribution in [2.24, 2.45) is 0 Å². The normalized spacial score (nSPS) is 15.6. The summed E-state index contributed by atoms with van der Waals surface area (Å²) in [6.45, 7) is 1.84. The Bertz CT molecular complexity index is 804. The van der Waals surface area contributed by atoms with E-state index in [1.807, 2.05) is 23.1 Å². The van der Waals surface area contributed by atoms with Crippen LogP contribution in [0.15, 0.2) is 36.4 Å². The Kier molecular flexibility index (Phi) is 4.09. The van der Waals surface area contributed by atoms with Gasteiger partial charge in [-0.05, 0) is 30.7 Å². The first kappa shape index (κ1) is 15.6. The number of hydrogen-bond donors (Lipinski definition) is 0. The first-order chi connectivity index (χ1) is 12.3. The van der Waals surface area contributed by atoms with Crippen molar-refractivity contribution in [2.75, 3.05) is 27.1 Å². The second-order valence-corrected chi connectivity index (χ2v) is 5.95. The molecular weight excluding hydrogens is 322 g/mol. The smallest absolute Gasteiger partial charge is 0.254 e. The van der Waals surface area contributed by atoms with Crippen LogP contribution in [0.1, 0.15) is 22.3 Å². The number of rotatable bonds is 2. The van der Waals surface area contributed by atoms with Gasteiger partial charge in [-0.3, -0.25) is 4.79 Å². The molecule has 2 aliphatic rings. The summed E-state index contributed by atoms with van der Waals surface area (Å²) in [5.41, 5.74) is 1.53. The maximum Gasteiger partial charge on any atom is 0.254 e. The largest absolute Gasteiger partial charge is 0.493 e. The van der Waals surface area contributed by atoms with Gasteiger partial charge in [0.25, 0.3) is 5.91 Å². The van der Waals surface area contributed by atoms with Crippen LogP contribution < -0.4 is 18.9 Å². The lowest BCUT2D eigenvalue weighted by molar-refractivity contribution is 0.0721. The second kappa shape index (κ2) is 6.55. The average Bonchev–Trinajstić information content (AvgIpc) is 3.09. The van der Waals surface area contributed by atoms with Gasteiger partial charge in [0.15, 0.2) is 23.0 Å². The zero-order valence-corrected chi connectivity index (χ0v) is 14.0. The summed E-state index contributed by atoms with van der Waals surface area (Å²) in [7, 11) is 1.62. The molecule has 0 aliphatic carbocycles. The molecule has 0 fully saturated rings. The van der Waals surface area contributed by atoms with Gasteiger partial charge >= 0.3 is 0 Å². The topological polar surface area (TPSA) is 57.2 Å². The van der Waals surface area contributed by atoms with Gasteiger partial charge < -0.3 is 23.8 Å². The van der Waals surface area contributed by atoms with E-state index in [1.165, 1.54) is 0 Å². The Labute approximate surface area is 145 Å². The molecule has 2 aliphatic heterocycles. The van der Waals surface area contributed by atoms with Gasteiger partial charge in [-0.1, -0.05) is 12.1 Å². The summed E-state index contributed by atoms with van der Waals surface area (Å²) in [6.07, 6.45) is 0.758. The standard InChI is InChI=1S/C19H19NO5/c1-22-16-5-2-4-14-11-20(8-3-9-23-18(14)16)19(21)13-6-7-15-17(10-13)25-12-24-15/h2,4-7,10H,3,8-9,11-12H2,1H3. The van der Waals surface area contributed by atoms with E-state index in [2.05, 4.69) is 0 Å². The molecule has 0 spiro atoms. The third kappa shape index (κ3) is 2.95. The molecule has 0 bridgehead atoms. The van der Waals surface area contributed by atoms with Crippen molar-refractivity contribution in [1.82, 2.24) is 4.90 Å². The molecule has 0 radical (unpaired) electrons. The minimum absolute atomic E-state index is 0.0334. The average molecular weight is 341 g/mol. The zero-order valence-electron chi connectivity index (χ0n) is 14.0. The van der Waals surface area contributed by atoms with Crippen LogP contribution in [0.3, 0.4) is 0 Å². The van der Waals surface area contributed by atoms with Crippen molar-refractivity contribution in [3.05, 3.63) is 47.5 Å². The first-order valence-corrected chi connectivity index (χ1v) is 8.24. The molecule has 4 rings (SSSR count). The van der Waals surface area contributed by atoms with Gasteiger partial charge in [-0.25, -0.2) is 0 Å². The van der Waals surface area contributed by atoms with E-state index >= 15 is 0 Å². The van der Waals surface area contributed by atoms with E-state index in [9.17, 15) is 4.79 Å². The number of fused-ring (bicyclic) bond motifs is 2. The number of amides is 1. The first-order valence-electron chi connectivity index (χ1n) is 8.24. The maximum absolute atomic E-state index is 13.0. The number of nitrogens with zero attached hydrogens (tertiary/aromatic N) is 1. The second-order valence-electron chi connectivity index (χ2n) is 5.95. The molecule has 0 aromatic heterocycles. The summed E-state index contributed by atoms with van der Waals surface area (Å²) >= 11 is 0. The highest BCUT2D eigenvalue weighted by molar-refractivity contribution is 5.95. The highest BCUT2D eigenvalue weighted by atomic mass is 16.7. The molecule has 2 heterocycles. The molecule has 0 atom stereocenters. The van der Waals surface area contributed by atoms with E-state index in [-0.39, 0.29) is 12.7 Å². The quantitative estimate of drug-likeness (QED) is 0.841. The fourth-order valence-corrected chi connectivity index (χ4v) is 3.11. The number of hydrogen-bond acceptors (Lipinski definition) is 5. The van der Waals surface area contributed by atoms with Crippen molar-refractivity contribution in [2.45, 2.75) is 13.0 Å². The van der Waals surface area contributed by atoms with Crippen LogP contribution in [0.4, 0.5) is 0 Å².